The molecule has 1 nitrogen and oxygen atoms in total. The van der Waals surface area contributed by atoms with Gasteiger partial charge in [-0.15, -0.1) is 6.42 Å². The second-order valence-corrected chi connectivity index (χ2v) is 3.52. The first-order valence-corrected chi connectivity index (χ1v) is 4.76. The zero-order chi connectivity index (χ0) is 9.97. The molecule has 0 bridgehead atoms. The Balaban J connectivity index is 2.21. The van der Waals surface area contributed by atoms with Crippen LogP contribution in [0.1, 0.15) is 23.6 Å². The first-order valence-electron chi connectivity index (χ1n) is 4.76. The Morgan fingerprint density at radius 1 is 1.57 bits per heavy atom. The van der Waals surface area contributed by atoms with E-state index >= 15 is 0 Å². The van der Waals surface area contributed by atoms with Gasteiger partial charge >= 0.3 is 0 Å². The summed E-state index contributed by atoms with van der Waals surface area (Å²) in [7, 11) is 0. The van der Waals surface area contributed by atoms with E-state index < -0.39 is 0 Å². The van der Waals surface area contributed by atoms with E-state index in [1.807, 2.05) is 6.07 Å². The third kappa shape index (κ3) is 1.64. The van der Waals surface area contributed by atoms with E-state index in [4.69, 9.17) is 6.42 Å². The number of hydrogen-bond donors (Lipinski definition) is 1. The maximum Gasteiger partial charge on any atom is 0.123 e. The molecule has 2 rings (SSSR count). The van der Waals surface area contributed by atoms with Crippen molar-refractivity contribution in [2.24, 2.45) is 0 Å². The minimum atomic E-state index is -0.168. The van der Waals surface area contributed by atoms with E-state index in [9.17, 15) is 4.39 Å². The van der Waals surface area contributed by atoms with Crippen molar-refractivity contribution < 1.29 is 4.39 Å². The maximum atomic E-state index is 13.0. The number of halogens is 1. The molecule has 2 heteroatoms. The summed E-state index contributed by atoms with van der Waals surface area (Å²) in [5, 5.41) is 3.21. The summed E-state index contributed by atoms with van der Waals surface area (Å²) in [5.74, 6) is 2.37. The zero-order valence-electron chi connectivity index (χ0n) is 7.89. The van der Waals surface area contributed by atoms with Gasteiger partial charge in [0, 0.05) is 6.04 Å². The van der Waals surface area contributed by atoms with Crippen LogP contribution in [0, 0.1) is 18.2 Å². The topological polar surface area (TPSA) is 12.0 Å². The van der Waals surface area contributed by atoms with Crippen LogP contribution in [0.15, 0.2) is 18.2 Å². The average molecular weight is 189 g/mol. The van der Waals surface area contributed by atoms with Gasteiger partial charge in [0.2, 0.25) is 0 Å². The molecule has 0 aromatic heterocycles. The predicted octanol–water partition coefficient (Wildman–Crippen LogP) is 2.04. The third-order valence-electron chi connectivity index (χ3n) is 2.64. The van der Waals surface area contributed by atoms with E-state index in [0.717, 1.165) is 18.4 Å². The van der Waals surface area contributed by atoms with Crippen molar-refractivity contribution in [3.63, 3.8) is 0 Å². The van der Waals surface area contributed by atoms with Crippen LogP contribution in [0.2, 0.25) is 0 Å². The summed E-state index contributed by atoms with van der Waals surface area (Å²) < 4.78 is 13.0. The zero-order valence-corrected chi connectivity index (χ0v) is 7.89. The summed E-state index contributed by atoms with van der Waals surface area (Å²) in [5.41, 5.74) is 2.31. The summed E-state index contributed by atoms with van der Waals surface area (Å²) >= 11 is 0. The molecule has 0 heterocycles. The highest BCUT2D eigenvalue weighted by atomic mass is 19.1. The van der Waals surface area contributed by atoms with Crippen molar-refractivity contribution in [2.45, 2.75) is 18.9 Å². The van der Waals surface area contributed by atoms with E-state index in [2.05, 4.69) is 11.2 Å². The lowest BCUT2D eigenvalue weighted by Crippen LogP contribution is -2.19. The predicted molar refractivity (Wildman–Crippen MR) is 54.3 cm³/mol. The van der Waals surface area contributed by atoms with E-state index in [0.29, 0.717) is 6.54 Å². The molecule has 0 spiro atoms. The SMILES string of the molecule is C#CCNC1CCc2ccc(F)cc21. The van der Waals surface area contributed by atoms with Gasteiger partial charge < -0.3 is 0 Å². The lowest BCUT2D eigenvalue weighted by Gasteiger charge is -2.11. The Bertz CT molecular complexity index is 378. The van der Waals surface area contributed by atoms with Crippen LogP contribution in [0.25, 0.3) is 0 Å². The smallest absolute Gasteiger partial charge is 0.123 e. The van der Waals surface area contributed by atoms with Crippen molar-refractivity contribution in [3.05, 3.63) is 35.1 Å². The van der Waals surface area contributed by atoms with E-state index in [-0.39, 0.29) is 11.9 Å². The largest absolute Gasteiger partial charge is 0.299 e. The summed E-state index contributed by atoms with van der Waals surface area (Å²) in [6.07, 6.45) is 7.20. The summed E-state index contributed by atoms with van der Waals surface area (Å²) in [4.78, 5) is 0. The molecular formula is C12H12FN. The average Bonchev–Trinajstić information content (AvgIpc) is 2.57. The molecule has 1 aromatic rings. The fourth-order valence-corrected chi connectivity index (χ4v) is 1.97. The standard InChI is InChI=1S/C12H12FN/c1-2-7-14-12-6-4-9-3-5-10(13)8-11(9)12/h1,3,5,8,12,14H,4,6-7H2. The monoisotopic (exact) mass is 189 g/mol. The molecule has 1 aliphatic rings. The van der Waals surface area contributed by atoms with Gasteiger partial charge in [0.05, 0.1) is 6.54 Å². The summed E-state index contributed by atoms with van der Waals surface area (Å²) in [6, 6.07) is 5.22. The minimum Gasteiger partial charge on any atom is -0.299 e. The van der Waals surface area contributed by atoms with Crippen LogP contribution in [-0.2, 0) is 6.42 Å². The second-order valence-electron chi connectivity index (χ2n) is 3.52. The number of aryl methyl sites for hydroxylation is 1. The molecular weight excluding hydrogens is 177 g/mol. The number of hydrogen-bond acceptors (Lipinski definition) is 1. The fourth-order valence-electron chi connectivity index (χ4n) is 1.97. The van der Waals surface area contributed by atoms with Crippen LogP contribution >= 0.6 is 0 Å². The summed E-state index contributed by atoms with van der Waals surface area (Å²) in [6.45, 7) is 0.542. The highest BCUT2D eigenvalue weighted by molar-refractivity contribution is 5.35. The van der Waals surface area contributed by atoms with Crippen molar-refractivity contribution in [2.75, 3.05) is 6.54 Å². The molecule has 1 atom stereocenters. The molecule has 1 unspecified atom stereocenters. The molecule has 0 radical (unpaired) electrons. The molecule has 14 heavy (non-hydrogen) atoms. The Morgan fingerprint density at radius 2 is 2.43 bits per heavy atom. The van der Waals surface area contributed by atoms with E-state index in [1.165, 1.54) is 11.6 Å². The molecule has 0 fully saturated rings. The molecule has 0 amide bonds. The Labute approximate surface area is 83.3 Å². The normalized spacial score (nSPS) is 19.0. The van der Waals surface area contributed by atoms with Gasteiger partial charge in [0.1, 0.15) is 5.82 Å². The molecule has 1 aromatic carbocycles. The van der Waals surface area contributed by atoms with Crippen molar-refractivity contribution >= 4 is 0 Å². The first kappa shape index (κ1) is 9.23. The van der Waals surface area contributed by atoms with Gasteiger partial charge in [-0.25, -0.2) is 4.39 Å². The van der Waals surface area contributed by atoms with Gasteiger partial charge in [-0.2, -0.15) is 0 Å². The minimum absolute atomic E-state index is 0.168. The molecule has 72 valence electrons. The number of benzene rings is 1. The van der Waals surface area contributed by atoms with Crippen LogP contribution in [0.4, 0.5) is 4.39 Å². The first-order chi connectivity index (χ1) is 6.81. The van der Waals surface area contributed by atoms with Crippen molar-refractivity contribution in [3.8, 4) is 12.3 Å². The lowest BCUT2D eigenvalue weighted by atomic mass is 10.1. The highest BCUT2D eigenvalue weighted by Gasteiger charge is 2.21. The molecule has 1 aliphatic carbocycles. The Kier molecular flexibility index (Phi) is 2.51. The van der Waals surface area contributed by atoms with Crippen LogP contribution in [0.5, 0.6) is 0 Å². The van der Waals surface area contributed by atoms with Gasteiger partial charge in [0.15, 0.2) is 0 Å². The van der Waals surface area contributed by atoms with Crippen LogP contribution in [0.3, 0.4) is 0 Å². The van der Waals surface area contributed by atoms with Gasteiger partial charge in [0.25, 0.3) is 0 Å². The number of fused-ring (bicyclic) bond motifs is 1. The Hall–Kier alpha value is -1.33. The van der Waals surface area contributed by atoms with Crippen LogP contribution < -0.4 is 5.32 Å². The molecule has 0 aliphatic heterocycles. The van der Waals surface area contributed by atoms with Crippen molar-refractivity contribution in [1.29, 1.82) is 0 Å². The molecule has 0 saturated carbocycles. The second kappa shape index (κ2) is 3.81. The highest BCUT2D eigenvalue weighted by Crippen LogP contribution is 2.31. The van der Waals surface area contributed by atoms with Gasteiger partial charge in [-0.3, -0.25) is 5.32 Å². The molecule has 0 saturated heterocycles. The number of rotatable bonds is 2. The van der Waals surface area contributed by atoms with Crippen LogP contribution in [-0.4, -0.2) is 6.54 Å². The fraction of sp³-hybridized carbons (Fsp3) is 0.333. The third-order valence-corrected chi connectivity index (χ3v) is 2.64. The lowest BCUT2D eigenvalue weighted by molar-refractivity contribution is 0.562. The number of nitrogens with one attached hydrogen (secondary N) is 1. The quantitative estimate of drug-likeness (QED) is 0.702. The van der Waals surface area contributed by atoms with E-state index in [1.54, 1.807) is 6.07 Å². The number of terminal acetylenes is 1. The van der Waals surface area contributed by atoms with Crippen molar-refractivity contribution in [1.82, 2.24) is 5.32 Å². The van der Waals surface area contributed by atoms with Gasteiger partial charge in [-0.05, 0) is 36.1 Å². The van der Waals surface area contributed by atoms with Gasteiger partial charge in [-0.1, -0.05) is 12.0 Å². The maximum absolute atomic E-state index is 13.0. The Morgan fingerprint density at radius 3 is 3.21 bits per heavy atom. The molecule has 1 N–H and O–H groups in total.